The molecule has 0 radical (unpaired) electrons. The van der Waals surface area contributed by atoms with E-state index in [1.807, 2.05) is 6.92 Å². The van der Waals surface area contributed by atoms with Gasteiger partial charge in [0, 0.05) is 18.1 Å². The molecule has 1 rings (SSSR count). The summed E-state index contributed by atoms with van der Waals surface area (Å²) in [6.07, 6.45) is 5.13. The van der Waals surface area contributed by atoms with E-state index in [0.29, 0.717) is 13.0 Å². The third kappa shape index (κ3) is 6.54. The highest BCUT2D eigenvalue weighted by Crippen LogP contribution is 2.13. The Morgan fingerprint density at radius 1 is 1.42 bits per heavy atom. The Morgan fingerprint density at radius 2 is 2.16 bits per heavy atom. The van der Waals surface area contributed by atoms with Crippen LogP contribution in [0, 0.1) is 0 Å². The molecule has 6 heteroatoms. The van der Waals surface area contributed by atoms with Gasteiger partial charge in [-0.3, -0.25) is 4.79 Å². The van der Waals surface area contributed by atoms with E-state index in [1.165, 1.54) is 0 Å². The van der Waals surface area contributed by atoms with Gasteiger partial charge < -0.3 is 10.1 Å². The SMILES string of the molecule is CCCNC(CCSc1ncccn1)C(=O)OCC. The van der Waals surface area contributed by atoms with Crippen LogP contribution in [0.1, 0.15) is 26.7 Å². The molecule has 0 amide bonds. The average Bonchev–Trinajstić information content (AvgIpc) is 2.44. The number of carbonyl (C=O) groups is 1. The standard InChI is InChI=1S/C13H21N3O2S/c1-3-7-14-11(12(17)18-4-2)6-10-19-13-15-8-5-9-16-13/h5,8-9,11,14H,3-4,6-7,10H2,1-2H3. The van der Waals surface area contributed by atoms with Crippen LogP contribution in [0.15, 0.2) is 23.6 Å². The topological polar surface area (TPSA) is 64.1 Å². The highest BCUT2D eigenvalue weighted by atomic mass is 32.2. The highest BCUT2D eigenvalue weighted by Gasteiger charge is 2.18. The molecule has 0 bridgehead atoms. The number of aromatic nitrogens is 2. The van der Waals surface area contributed by atoms with Crippen LogP contribution < -0.4 is 5.32 Å². The maximum atomic E-state index is 11.8. The number of hydrogen-bond donors (Lipinski definition) is 1. The van der Waals surface area contributed by atoms with Crippen LogP contribution >= 0.6 is 11.8 Å². The van der Waals surface area contributed by atoms with Gasteiger partial charge in [0.1, 0.15) is 6.04 Å². The van der Waals surface area contributed by atoms with Crippen molar-refractivity contribution in [3.63, 3.8) is 0 Å². The second kappa shape index (κ2) is 9.75. The van der Waals surface area contributed by atoms with Crippen LogP contribution in [0.3, 0.4) is 0 Å². The fourth-order valence-corrected chi connectivity index (χ4v) is 2.30. The van der Waals surface area contributed by atoms with E-state index >= 15 is 0 Å². The van der Waals surface area contributed by atoms with E-state index < -0.39 is 0 Å². The maximum Gasteiger partial charge on any atom is 0.323 e. The van der Waals surface area contributed by atoms with Crippen LogP contribution in [-0.2, 0) is 9.53 Å². The number of esters is 1. The molecule has 19 heavy (non-hydrogen) atoms. The Hall–Kier alpha value is -1.14. The third-order valence-electron chi connectivity index (χ3n) is 2.39. The van der Waals surface area contributed by atoms with E-state index in [0.717, 1.165) is 23.9 Å². The molecule has 1 aromatic rings. The molecule has 1 N–H and O–H groups in total. The molecule has 1 unspecified atom stereocenters. The predicted molar refractivity (Wildman–Crippen MR) is 76.1 cm³/mol. The number of ether oxygens (including phenoxy) is 1. The Morgan fingerprint density at radius 3 is 2.79 bits per heavy atom. The van der Waals surface area contributed by atoms with Crippen LogP contribution in [0.5, 0.6) is 0 Å². The first-order valence-corrected chi connectivity index (χ1v) is 7.56. The van der Waals surface area contributed by atoms with Crippen molar-refractivity contribution in [3.8, 4) is 0 Å². The number of hydrogen-bond acceptors (Lipinski definition) is 6. The van der Waals surface area contributed by atoms with Crippen LogP contribution in [0.4, 0.5) is 0 Å². The molecular formula is C13H21N3O2S. The minimum absolute atomic E-state index is 0.175. The Bertz CT molecular complexity index is 362. The first-order valence-electron chi connectivity index (χ1n) is 6.57. The number of rotatable bonds is 9. The molecule has 0 aromatic carbocycles. The van der Waals surface area contributed by atoms with Crippen molar-refractivity contribution in [2.75, 3.05) is 18.9 Å². The monoisotopic (exact) mass is 283 g/mol. The largest absolute Gasteiger partial charge is 0.465 e. The fraction of sp³-hybridized carbons (Fsp3) is 0.615. The molecule has 1 atom stereocenters. The highest BCUT2D eigenvalue weighted by molar-refractivity contribution is 7.99. The summed E-state index contributed by atoms with van der Waals surface area (Å²) >= 11 is 1.55. The van der Waals surface area contributed by atoms with E-state index in [9.17, 15) is 4.79 Å². The first kappa shape index (κ1) is 15.9. The molecule has 0 spiro atoms. The molecule has 106 valence electrons. The second-order valence-corrected chi connectivity index (χ2v) is 4.99. The summed E-state index contributed by atoms with van der Waals surface area (Å²) in [6, 6.07) is 1.55. The molecule has 5 nitrogen and oxygen atoms in total. The lowest BCUT2D eigenvalue weighted by Gasteiger charge is -2.16. The summed E-state index contributed by atoms with van der Waals surface area (Å²) in [4.78, 5) is 20.0. The van der Waals surface area contributed by atoms with Gasteiger partial charge in [-0.15, -0.1) is 0 Å². The van der Waals surface area contributed by atoms with Gasteiger partial charge in [0.15, 0.2) is 5.16 Å². The van der Waals surface area contributed by atoms with Gasteiger partial charge in [-0.2, -0.15) is 0 Å². The van der Waals surface area contributed by atoms with Gasteiger partial charge >= 0.3 is 5.97 Å². The predicted octanol–water partition coefficient (Wildman–Crippen LogP) is 1.89. The van der Waals surface area contributed by atoms with Crippen molar-refractivity contribution in [2.45, 2.75) is 37.9 Å². The molecule has 0 fully saturated rings. The Kier molecular flexibility index (Phi) is 8.16. The molecule has 0 aliphatic heterocycles. The molecule has 0 aliphatic carbocycles. The summed E-state index contributed by atoms with van der Waals surface area (Å²) < 4.78 is 5.06. The minimum atomic E-state index is -0.240. The quantitative estimate of drug-likeness (QED) is 0.424. The van der Waals surface area contributed by atoms with Gasteiger partial charge in [-0.05, 0) is 32.4 Å². The van der Waals surface area contributed by atoms with Crippen LogP contribution in [0.25, 0.3) is 0 Å². The van der Waals surface area contributed by atoms with Gasteiger partial charge in [0.2, 0.25) is 0 Å². The Balaban J connectivity index is 2.37. The lowest BCUT2D eigenvalue weighted by atomic mass is 10.2. The number of nitrogens with zero attached hydrogens (tertiary/aromatic N) is 2. The minimum Gasteiger partial charge on any atom is -0.465 e. The fourth-order valence-electron chi connectivity index (χ4n) is 1.49. The summed E-state index contributed by atoms with van der Waals surface area (Å²) in [5.41, 5.74) is 0. The van der Waals surface area contributed by atoms with Gasteiger partial charge in [-0.25, -0.2) is 9.97 Å². The van der Waals surface area contributed by atoms with Crippen molar-refractivity contribution < 1.29 is 9.53 Å². The molecule has 0 aliphatic rings. The summed E-state index contributed by atoms with van der Waals surface area (Å²) in [7, 11) is 0. The maximum absolute atomic E-state index is 11.8. The van der Waals surface area contributed by atoms with E-state index in [1.54, 1.807) is 30.2 Å². The van der Waals surface area contributed by atoms with Crippen molar-refractivity contribution in [3.05, 3.63) is 18.5 Å². The van der Waals surface area contributed by atoms with Gasteiger partial charge in [-0.1, -0.05) is 18.7 Å². The zero-order chi connectivity index (χ0) is 13.9. The smallest absolute Gasteiger partial charge is 0.323 e. The van der Waals surface area contributed by atoms with Crippen molar-refractivity contribution >= 4 is 17.7 Å². The molecule has 0 saturated heterocycles. The van der Waals surface area contributed by atoms with Crippen molar-refractivity contribution in [1.29, 1.82) is 0 Å². The lowest BCUT2D eigenvalue weighted by Crippen LogP contribution is -2.39. The Labute approximate surface area is 118 Å². The first-order chi connectivity index (χ1) is 9.27. The zero-order valence-corrected chi connectivity index (χ0v) is 12.3. The second-order valence-electron chi connectivity index (χ2n) is 3.93. The van der Waals surface area contributed by atoms with Crippen molar-refractivity contribution in [2.24, 2.45) is 0 Å². The van der Waals surface area contributed by atoms with Crippen LogP contribution in [-0.4, -0.2) is 40.9 Å². The lowest BCUT2D eigenvalue weighted by molar-refractivity contribution is -0.145. The zero-order valence-electron chi connectivity index (χ0n) is 11.5. The molecular weight excluding hydrogens is 262 g/mol. The van der Waals surface area contributed by atoms with E-state index in [4.69, 9.17) is 4.74 Å². The van der Waals surface area contributed by atoms with Crippen LogP contribution in [0.2, 0.25) is 0 Å². The number of carbonyl (C=O) groups excluding carboxylic acids is 1. The number of thioether (sulfide) groups is 1. The molecule has 1 aromatic heterocycles. The summed E-state index contributed by atoms with van der Waals surface area (Å²) in [6.45, 7) is 5.12. The van der Waals surface area contributed by atoms with E-state index in [-0.39, 0.29) is 12.0 Å². The van der Waals surface area contributed by atoms with Crippen molar-refractivity contribution in [1.82, 2.24) is 15.3 Å². The normalized spacial score (nSPS) is 12.1. The molecule has 0 saturated carbocycles. The van der Waals surface area contributed by atoms with E-state index in [2.05, 4.69) is 22.2 Å². The third-order valence-corrected chi connectivity index (χ3v) is 3.30. The van der Waals surface area contributed by atoms with Gasteiger partial charge in [0.05, 0.1) is 6.61 Å². The summed E-state index contributed by atoms with van der Waals surface area (Å²) in [5.74, 6) is 0.607. The molecule has 1 heterocycles. The summed E-state index contributed by atoms with van der Waals surface area (Å²) in [5, 5.41) is 3.95. The average molecular weight is 283 g/mol. The number of nitrogens with one attached hydrogen (secondary N) is 1. The van der Waals surface area contributed by atoms with Gasteiger partial charge in [0.25, 0.3) is 0 Å².